The Hall–Kier alpha value is -1.25. The normalized spacial score (nSPS) is 14.5. The molecule has 0 saturated carbocycles. The summed E-state index contributed by atoms with van der Waals surface area (Å²) in [5, 5.41) is 0. The molecule has 0 aliphatic carbocycles. The van der Waals surface area contributed by atoms with E-state index in [9.17, 15) is 19.0 Å². The highest BCUT2D eigenvalue weighted by atomic mass is 31.2. The van der Waals surface area contributed by atoms with Gasteiger partial charge < -0.3 is 27.9 Å². The van der Waals surface area contributed by atoms with Crippen molar-refractivity contribution in [2.45, 2.75) is 97.0 Å². The van der Waals surface area contributed by atoms with Crippen LogP contribution in [-0.2, 0) is 32.7 Å². The van der Waals surface area contributed by atoms with Gasteiger partial charge in [-0.15, -0.1) is 0 Å². The molecule has 0 aromatic heterocycles. The molecule has 0 aromatic rings. The zero-order valence-electron chi connectivity index (χ0n) is 23.2. The highest BCUT2D eigenvalue weighted by Gasteiger charge is 2.20. The van der Waals surface area contributed by atoms with Gasteiger partial charge in [-0.05, 0) is 32.1 Å². The lowest BCUT2D eigenvalue weighted by molar-refractivity contribution is -0.870. The number of phosphoric acid groups is 1. The van der Waals surface area contributed by atoms with Gasteiger partial charge >= 0.3 is 11.9 Å². The van der Waals surface area contributed by atoms with Crippen LogP contribution in [0.2, 0.25) is 0 Å². The molecule has 212 valence electrons. The van der Waals surface area contributed by atoms with Gasteiger partial charge in [0.1, 0.15) is 19.8 Å². The average molecular weight is 536 g/mol. The Balaban J connectivity index is 4.03. The average Bonchev–Trinajstić information content (AvgIpc) is 2.77. The van der Waals surface area contributed by atoms with Crippen molar-refractivity contribution in [3.05, 3.63) is 12.2 Å². The number of unbranched alkanes of at least 4 members (excludes halogenated alkanes) is 9. The van der Waals surface area contributed by atoms with Crippen LogP contribution >= 0.6 is 7.82 Å². The molecule has 0 spiro atoms. The molecule has 1 unspecified atom stereocenters. The number of hydrogen-bond acceptors (Lipinski definition) is 8. The lowest BCUT2D eigenvalue weighted by Gasteiger charge is -2.28. The first-order valence-electron chi connectivity index (χ1n) is 13.3. The molecule has 0 heterocycles. The first kappa shape index (κ1) is 34.8. The zero-order valence-corrected chi connectivity index (χ0v) is 24.1. The number of allylic oxidation sites excluding steroid dienone is 2. The molecule has 2 atom stereocenters. The quantitative estimate of drug-likeness (QED) is 0.0596. The van der Waals surface area contributed by atoms with E-state index in [1.807, 2.05) is 21.1 Å². The first-order valence-corrected chi connectivity index (χ1v) is 14.8. The van der Waals surface area contributed by atoms with E-state index in [-0.39, 0.29) is 19.6 Å². The second-order valence-electron chi connectivity index (χ2n) is 10.1. The summed E-state index contributed by atoms with van der Waals surface area (Å²) in [7, 11) is 1.14. The van der Waals surface area contributed by atoms with Crippen molar-refractivity contribution in [1.29, 1.82) is 0 Å². The highest BCUT2D eigenvalue weighted by molar-refractivity contribution is 7.45. The standard InChI is InChI=1S/C26H50NO8P/c1-6-7-8-9-10-11-12-13-14-15-16-17-18-19-26(29)32-22-25(35-24(2)28)23-34-36(30,31)33-21-20-27(3,4)5/h13-14,25H,6-12,15-23H2,1-5H3/b14-13-/t25-/m1/s1. The van der Waals surface area contributed by atoms with Crippen molar-refractivity contribution in [2.75, 3.05) is 47.5 Å². The molecule has 0 fully saturated rings. The van der Waals surface area contributed by atoms with E-state index >= 15 is 0 Å². The summed E-state index contributed by atoms with van der Waals surface area (Å²) in [5.74, 6) is -1.05. The number of hydrogen-bond donors (Lipinski definition) is 0. The molecule has 36 heavy (non-hydrogen) atoms. The van der Waals surface area contributed by atoms with Gasteiger partial charge in [0.25, 0.3) is 7.82 Å². The van der Waals surface area contributed by atoms with Gasteiger partial charge in [-0.1, -0.05) is 57.6 Å². The van der Waals surface area contributed by atoms with Crippen LogP contribution in [0.1, 0.15) is 90.9 Å². The van der Waals surface area contributed by atoms with Gasteiger partial charge in [0.2, 0.25) is 0 Å². The Morgan fingerprint density at radius 2 is 1.47 bits per heavy atom. The van der Waals surface area contributed by atoms with Crippen molar-refractivity contribution >= 4 is 19.8 Å². The summed E-state index contributed by atoms with van der Waals surface area (Å²) in [6.07, 6.45) is 16.3. The Labute approximate surface area is 218 Å². The number of rotatable bonds is 23. The maximum Gasteiger partial charge on any atom is 0.305 e. The van der Waals surface area contributed by atoms with Gasteiger partial charge in [0, 0.05) is 13.3 Å². The largest absolute Gasteiger partial charge is 0.756 e. The number of ether oxygens (including phenoxy) is 2. The van der Waals surface area contributed by atoms with E-state index in [0.29, 0.717) is 17.4 Å². The molecule has 0 amide bonds. The van der Waals surface area contributed by atoms with Gasteiger partial charge in [-0.3, -0.25) is 14.2 Å². The Kier molecular flexibility index (Phi) is 20.0. The van der Waals surface area contributed by atoms with E-state index in [4.69, 9.17) is 18.5 Å². The molecule has 0 bridgehead atoms. The number of carbonyl (C=O) groups excluding carboxylic acids is 2. The summed E-state index contributed by atoms with van der Waals surface area (Å²) in [6.45, 7) is 3.09. The van der Waals surface area contributed by atoms with Crippen molar-refractivity contribution in [3.63, 3.8) is 0 Å². The molecule has 0 aliphatic rings. The minimum atomic E-state index is -4.56. The maximum atomic E-state index is 12.0. The topological polar surface area (TPSA) is 111 Å². The zero-order chi connectivity index (χ0) is 27.3. The number of nitrogens with zero attached hydrogens (tertiary/aromatic N) is 1. The number of quaternary nitrogens is 1. The van der Waals surface area contributed by atoms with Crippen molar-refractivity contribution < 1.29 is 42.1 Å². The fraction of sp³-hybridized carbons (Fsp3) is 0.846. The molecule has 0 aromatic carbocycles. The number of likely N-dealkylation sites (N-methyl/N-ethyl adjacent to an activating group) is 1. The fourth-order valence-corrected chi connectivity index (χ4v) is 3.96. The van der Waals surface area contributed by atoms with Crippen molar-refractivity contribution in [1.82, 2.24) is 0 Å². The van der Waals surface area contributed by atoms with Crippen LogP contribution in [0.3, 0.4) is 0 Å². The smallest absolute Gasteiger partial charge is 0.305 e. The Morgan fingerprint density at radius 3 is 2.06 bits per heavy atom. The summed E-state index contributed by atoms with van der Waals surface area (Å²) >= 11 is 0. The van der Waals surface area contributed by atoms with E-state index in [1.165, 1.54) is 45.4 Å². The second-order valence-corrected chi connectivity index (χ2v) is 11.5. The van der Waals surface area contributed by atoms with Gasteiger partial charge in [-0.25, -0.2) is 0 Å². The summed E-state index contributed by atoms with van der Waals surface area (Å²) in [4.78, 5) is 35.2. The molecule has 0 radical (unpaired) electrons. The maximum absolute atomic E-state index is 12.0. The Bertz CT molecular complexity index is 663. The second kappa shape index (κ2) is 20.8. The minimum absolute atomic E-state index is 0.0353. The molecular weight excluding hydrogens is 485 g/mol. The minimum Gasteiger partial charge on any atom is -0.756 e. The summed E-state index contributed by atoms with van der Waals surface area (Å²) in [6, 6.07) is 0. The van der Waals surface area contributed by atoms with Gasteiger partial charge in [-0.2, -0.15) is 0 Å². The fourth-order valence-electron chi connectivity index (χ4n) is 3.23. The molecule has 0 saturated heterocycles. The summed E-state index contributed by atoms with van der Waals surface area (Å²) in [5.41, 5.74) is 0. The van der Waals surface area contributed by atoms with Crippen LogP contribution in [0.15, 0.2) is 12.2 Å². The van der Waals surface area contributed by atoms with Gasteiger partial charge in [0.15, 0.2) is 6.10 Å². The molecule has 0 aliphatic heterocycles. The van der Waals surface area contributed by atoms with E-state index in [2.05, 4.69) is 19.1 Å². The Morgan fingerprint density at radius 1 is 0.889 bits per heavy atom. The first-order chi connectivity index (χ1) is 16.9. The van der Waals surface area contributed by atoms with Crippen LogP contribution in [0.4, 0.5) is 0 Å². The lowest BCUT2D eigenvalue weighted by atomic mass is 10.1. The third-order valence-corrected chi connectivity index (χ3v) is 6.30. The van der Waals surface area contributed by atoms with Crippen LogP contribution in [-0.4, -0.2) is 70.0 Å². The van der Waals surface area contributed by atoms with Crippen LogP contribution in [0.25, 0.3) is 0 Å². The van der Waals surface area contributed by atoms with Crippen LogP contribution in [0.5, 0.6) is 0 Å². The molecule has 10 heteroatoms. The molecular formula is C26H50NO8P. The highest BCUT2D eigenvalue weighted by Crippen LogP contribution is 2.38. The van der Waals surface area contributed by atoms with Crippen molar-refractivity contribution in [3.8, 4) is 0 Å². The lowest BCUT2D eigenvalue weighted by Crippen LogP contribution is -2.37. The van der Waals surface area contributed by atoms with E-state index in [0.717, 1.165) is 25.7 Å². The molecule has 9 nitrogen and oxygen atoms in total. The summed E-state index contributed by atoms with van der Waals surface area (Å²) < 4.78 is 32.3. The number of esters is 2. The monoisotopic (exact) mass is 535 g/mol. The van der Waals surface area contributed by atoms with E-state index in [1.54, 1.807) is 0 Å². The predicted molar refractivity (Wildman–Crippen MR) is 139 cm³/mol. The third-order valence-electron chi connectivity index (χ3n) is 5.34. The SMILES string of the molecule is CCCCCCCC/C=C\CCCCCC(=O)OC[C@H](COP(=O)([O-])OCC[N+](C)(C)C)OC(C)=O. The van der Waals surface area contributed by atoms with Crippen molar-refractivity contribution in [2.24, 2.45) is 0 Å². The van der Waals surface area contributed by atoms with Crippen LogP contribution in [0, 0.1) is 0 Å². The molecule has 0 rings (SSSR count). The van der Waals surface area contributed by atoms with Crippen LogP contribution < -0.4 is 4.89 Å². The van der Waals surface area contributed by atoms with Gasteiger partial charge in [0.05, 0.1) is 27.7 Å². The molecule has 0 N–H and O–H groups in total. The number of carbonyl (C=O) groups is 2. The number of phosphoric ester groups is 1. The third kappa shape index (κ3) is 24.4. The predicted octanol–water partition coefficient (Wildman–Crippen LogP) is 4.93. The van der Waals surface area contributed by atoms with E-state index < -0.39 is 32.5 Å².